The van der Waals surface area contributed by atoms with Crippen LogP contribution in [0.1, 0.15) is 46.0 Å². The molecule has 1 aromatic heterocycles. The van der Waals surface area contributed by atoms with Crippen LogP contribution in [-0.2, 0) is 0 Å². The average molecular weight is 285 g/mol. The van der Waals surface area contributed by atoms with E-state index in [1.807, 2.05) is 24.5 Å². The number of fused-ring (bicyclic) bond motifs is 1. The highest BCUT2D eigenvalue weighted by atomic mass is 14.9. The van der Waals surface area contributed by atoms with Gasteiger partial charge < -0.3 is 11.1 Å². The predicted molar refractivity (Wildman–Crippen MR) is 92.6 cm³/mol. The maximum absolute atomic E-state index is 5.99. The number of rotatable bonds is 8. The molecule has 0 spiro atoms. The summed E-state index contributed by atoms with van der Waals surface area (Å²) in [5, 5.41) is 5.72. The van der Waals surface area contributed by atoms with Gasteiger partial charge in [0, 0.05) is 41.1 Å². The molecule has 2 rings (SSSR count). The summed E-state index contributed by atoms with van der Waals surface area (Å²) in [6, 6.07) is 6.04. The number of hydrogen-bond donors (Lipinski definition) is 2. The van der Waals surface area contributed by atoms with Gasteiger partial charge in [-0.3, -0.25) is 4.98 Å². The Morgan fingerprint density at radius 3 is 2.67 bits per heavy atom. The highest BCUT2D eigenvalue weighted by Gasteiger charge is 2.03. The summed E-state index contributed by atoms with van der Waals surface area (Å²) in [6.45, 7) is 5.61. The smallest absolute Gasteiger partial charge is 0.0422 e. The van der Waals surface area contributed by atoms with Crippen LogP contribution < -0.4 is 11.1 Å². The zero-order valence-corrected chi connectivity index (χ0v) is 13.2. The molecule has 3 heteroatoms. The lowest BCUT2D eigenvalue weighted by atomic mass is 10.0. The van der Waals surface area contributed by atoms with Crippen molar-refractivity contribution in [3.05, 3.63) is 30.6 Å². The Bertz CT molecular complexity index is 563. The summed E-state index contributed by atoms with van der Waals surface area (Å²) in [7, 11) is 0. The van der Waals surface area contributed by atoms with Crippen LogP contribution in [0, 0.1) is 5.92 Å². The molecule has 0 aliphatic carbocycles. The Morgan fingerprint density at radius 2 is 1.86 bits per heavy atom. The molecule has 0 radical (unpaired) electrons. The quantitative estimate of drug-likeness (QED) is 0.539. The first-order valence-corrected chi connectivity index (χ1v) is 8.04. The van der Waals surface area contributed by atoms with Crippen molar-refractivity contribution in [3.63, 3.8) is 0 Å². The van der Waals surface area contributed by atoms with Crippen LogP contribution in [-0.4, -0.2) is 11.5 Å². The molecule has 0 unspecified atom stereocenters. The van der Waals surface area contributed by atoms with Crippen LogP contribution in [0.15, 0.2) is 30.6 Å². The van der Waals surface area contributed by atoms with Crippen LogP contribution >= 0.6 is 0 Å². The van der Waals surface area contributed by atoms with Gasteiger partial charge in [0.2, 0.25) is 0 Å². The normalized spacial score (nSPS) is 11.2. The number of aromatic nitrogens is 1. The van der Waals surface area contributed by atoms with Crippen molar-refractivity contribution < 1.29 is 0 Å². The van der Waals surface area contributed by atoms with Crippen molar-refractivity contribution >= 4 is 22.1 Å². The second-order valence-electron chi connectivity index (χ2n) is 6.15. The van der Waals surface area contributed by atoms with Crippen molar-refractivity contribution in [2.75, 3.05) is 17.6 Å². The molecule has 0 aliphatic heterocycles. The van der Waals surface area contributed by atoms with E-state index in [-0.39, 0.29) is 0 Å². The van der Waals surface area contributed by atoms with Gasteiger partial charge in [-0.05, 0) is 30.5 Å². The molecule has 0 saturated carbocycles. The van der Waals surface area contributed by atoms with Crippen LogP contribution in [0.2, 0.25) is 0 Å². The summed E-state index contributed by atoms with van der Waals surface area (Å²) in [5.41, 5.74) is 7.94. The Hall–Kier alpha value is -1.77. The van der Waals surface area contributed by atoms with Gasteiger partial charge in [-0.2, -0.15) is 0 Å². The first-order chi connectivity index (χ1) is 10.2. The molecule has 3 N–H and O–H groups in total. The lowest BCUT2D eigenvalue weighted by Crippen LogP contribution is -2.03. The van der Waals surface area contributed by atoms with Crippen LogP contribution in [0.25, 0.3) is 10.8 Å². The second kappa shape index (κ2) is 7.87. The highest BCUT2D eigenvalue weighted by Crippen LogP contribution is 2.27. The Balaban J connectivity index is 1.80. The molecular weight excluding hydrogens is 258 g/mol. The number of pyridine rings is 1. The van der Waals surface area contributed by atoms with E-state index in [0.29, 0.717) is 0 Å². The van der Waals surface area contributed by atoms with Gasteiger partial charge in [-0.1, -0.05) is 39.5 Å². The fourth-order valence-corrected chi connectivity index (χ4v) is 2.62. The van der Waals surface area contributed by atoms with Crippen molar-refractivity contribution in [1.82, 2.24) is 4.98 Å². The second-order valence-corrected chi connectivity index (χ2v) is 6.15. The highest BCUT2D eigenvalue weighted by molar-refractivity contribution is 6.00. The standard InChI is InChI=1S/C18H27N3/c1-14(2)7-5-3-4-6-11-21-18-9-8-17(19)16-13-20-12-10-15(16)18/h8-10,12-14,21H,3-7,11,19H2,1-2H3. The molecule has 0 fully saturated rings. The molecule has 1 heterocycles. The van der Waals surface area contributed by atoms with E-state index in [4.69, 9.17) is 5.73 Å². The number of nitrogens with two attached hydrogens (primary N) is 1. The number of hydrogen-bond acceptors (Lipinski definition) is 3. The van der Waals surface area contributed by atoms with Gasteiger partial charge in [0.25, 0.3) is 0 Å². The van der Waals surface area contributed by atoms with Gasteiger partial charge in [-0.15, -0.1) is 0 Å². The predicted octanol–water partition coefficient (Wildman–Crippen LogP) is 4.84. The first kappa shape index (κ1) is 15.6. The molecule has 114 valence electrons. The largest absolute Gasteiger partial charge is 0.398 e. The van der Waals surface area contributed by atoms with E-state index in [0.717, 1.165) is 34.6 Å². The lowest BCUT2D eigenvalue weighted by Gasteiger charge is -2.11. The molecule has 0 atom stereocenters. The van der Waals surface area contributed by atoms with Gasteiger partial charge in [0.05, 0.1) is 0 Å². The number of nitrogens with zero attached hydrogens (tertiary/aromatic N) is 1. The number of nitrogen functional groups attached to an aromatic ring is 1. The van der Waals surface area contributed by atoms with Gasteiger partial charge >= 0.3 is 0 Å². The topological polar surface area (TPSA) is 50.9 Å². The fourth-order valence-electron chi connectivity index (χ4n) is 2.62. The van der Waals surface area contributed by atoms with E-state index in [9.17, 15) is 0 Å². The third kappa shape index (κ3) is 4.62. The summed E-state index contributed by atoms with van der Waals surface area (Å²) in [4.78, 5) is 4.15. The van der Waals surface area contributed by atoms with Gasteiger partial charge in [0.1, 0.15) is 0 Å². The average Bonchev–Trinajstić information content (AvgIpc) is 2.48. The maximum atomic E-state index is 5.99. The summed E-state index contributed by atoms with van der Waals surface area (Å²) >= 11 is 0. The van der Waals surface area contributed by atoms with Crippen LogP contribution in [0.4, 0.5) is 11.4 Å². The fraction of sp³-hybridized carbons (Fsp3) is 0.500. The maximum Gasteiger partial charge on any atom is 0.0422 e. The molecular formula is C18H27N3. The molecule has 0 bridgehead atoms. The number of benzene rings is 1. The molecule has 21 heavy (non-hydrogen) atoms. The summed E-state index contributed by atoms with van der Waals surface area (Å²) in [5.74, 6) is 0.831. The van der Waals surface area contributed by atoms with Crippen molar-refractivity contribution in [2.24, 2.45) is 5.92 Å². The molecule has 0 amide bonds. The molecule has 3 nitrogen and oxygen atoms in total. The van der Waals surface area contributed by atoms with Crippen molar-refractivity contribution in [1.29, 1.82) is 0 Å². The Labute approximate surface area is 128 Å². The van der Waals surface area contributed by atoms with E-state index >= 15 is 0 Å². The minimum absolute atomic E-state index is 0.789. The zero-order valence-electron chi connectivity index (χ0n) is 13.2. The lowest BCUT2D eigenvalue weighted by molar-refractivity contribution is 0.523. The SMILES string of the molecule is CC(C)CCCCCCNc1ccc(N)c2cnccc12. The molecule has 2 aromatic rings. The molecule has 1 aromatic carbocycles. The van der Waals surface area contributed by atoms with Crippen LogP contribution in [0.5, 0.6) is 0 Å². The van der Waals surface area contributed by atoms with Crippen LogP contribution in [0.3, 0.4) is 0 Å². The number of unbranched alkanes of at least 4 members (excludes halogenated alkanes) is 3. The Kier molecular flexibility index (Phi) is 5.85. The zero-order chi connectivity index (χ0) is 15.1. The van der Waals surface area contributed by atoms with E-state index in [2.05, 4.69) is 30.2 Å². The first-order valence-electron chi connectivity index (χ1n) is 8.04. The monoisotopic (exact) mass is 285 g/mol. The third-order valence-electron chi connectivity index (χ3n) is 3.88. The van der Waals surface area contributed by atoms with Gasteiger partial charge in [-0.25, -0.2) is 0 Å². The number of nitrogens with one attached hydrogen (secondary N) is 1. The summed E-state index contributed by atoms with van der Waals surface area (Å²) < 4.78 is 0. The Morgan fingerprint density at radius 1 is 1.05 bits per heavy atom. The minimum atomic E-state index is 0.789. The molecule has 0 aliphatic rings. The third-order valence-corrected chi connectivity index (χ3v) is 3.88. The van der Waals surface area contributed by atoms with E-state index < -0.39 is 0 Å². The van der Waals surface area contributed by atoms with Gasteiger partial charge in [0.15, 0.2) is 0 Å². The number of anilines is 2. The van der Waals surface area contributed by atoms with Crippen molar-refractivity contribution in [3.8, 4) is 0 Å². The molecule has 0 saturated heterocycles. The van der Waals surface area contributed by atoms with Crippen molar-refractivity contribution in [2.45, 2.75) is 46.0 Å². The minimum Gasteiger partial charge on any atom is -0.398 e. The summed E-state index contributed by atoms with van der Waals surface area (Å²) in [6.07, 6.45) is 10.2. The van der Waals surface area contributed by atoms with E-state index in [1.54, 1.807) is 0 Å². The van der Waals surface area contributed by atoms with E-state index in [1.165, 1.54) is 32.1 Å².